The van der Waals surface area contributed by atoms with E-state index in [1.807, 2.05) is 37.4 Å². The number of fused-ring (bicyclic) bond motifs is 1. The van der Waals surface area contributed by atoms with Crippen LogP contribution in [0, 0.1) is 13.8 Å². The number of aryl methyl sites for hydroxylation is 2. The zero-order chi connectivity index (χ0) is 16.4. The molecule has 0 spiro atoms. The van der Waals surface area contributed by atoms with E-state index < -0.39 is 0 Å². The first-order valence-corrected chi connectivity index (χ1v) is 8.02. The fourth-order valence-corrected chi connectivity index (χ4v) is 3.22. The van der Waals surface area contributed by atoms with Crippen molar-refractivity contribution < 1.29 is 9.53 Å². The highest BCUT2D eigenvalue weighted by Crippen LogP contribution is 2.21. The lowest BCUT2D eigenvalue weighted by Crippen LogP contribution is -2.30. The summed E-state index contributed by atoms with van der Waals surface area (Å²) in [5, 5.41) is 12.8. The average molecular weight is 331 g/mol. The van der Waals surface area contributed by atoms with E-state index in [9.17, 15) is 4.79 Å². The number of thiophene rings is 1. The van der Waals surface area contributed by atoms with Gasteiger partial charge in [0, 0.05) is 29.9 Å². The molecule has 7 nitrogen and oxygen atoms in total. The van der Waals surface area contributed by atoms with Crippen molar-refractivity contribution in [3.8, 4) is 0 Å². The summed E-state index contributed by atoms with van der Waals surface area (Å²) in [4.78, 5) is 17.8. The number of methoxy groups -OCH3 is 1. The molecular weight excluding hydrogens is 314 g/mol. The SMILES string of the molecule is COC(CNC(=O)c1nnc2nc(C)cc(C)n12)c1cccs1. The molecule has 0 bridgehead atoms. The Morgan fingerprint density at radius 3 is 2.96 bits per heavy atom. The minimum absolute atomic E-state index is 0.181. The minimum Gasteiger partial charge on any atom is -0.374 e. The van der Waals surface area contributed by atoms with Gasteiger partial charge in [-0.25, -0.2) is 4.98 Å². The molecule has 0 aliphatic carbocycles. The van der Waals surface area contributed by atoms with E-state index in [0.717, 1.165) is 16.3 Å². The smallest absolute Gasteiger partial charge is 0.289 e. The fourth-order valence-electron chi connectivity index (χ4n) is 2.42. The van der Waals surface area contributed by atoms with Crippen LogP contribution >= 0.6 is 11.3 Å². The number of nitrogens with zero attached hydrogens (tertiary/aromatic N) is 4. The van der Waals surface area contributed by atoms with E-state index in [1.165, 1.54) is 0 Å². The van der Waals surface area contributed by atoms with Gasteiger partial charge in [0.15, 0.2) is 0 Å². The second kappa shape index (κ2) is 6.43. The third kappa shape index (κ3) is 3.08. The van der Waals surface area contributed by atoms with Gasteiger partial charge in [-0.05, 0) is 31.4 Å². The summed E-state index contributed by atoms with van der Waals surface area (Å²) in [6.45, 7) is 4.14. The molecular formula is C15H17N5O2S. The van der Waals surface area contributed by atoms with Crippen molar-refractivity contribution in [2.45, 2.75) is 20.0 Å². The number of rotatable bonds is 5. The molecule has 0 fully saturated rings. The Kier molecular flexibility index (Phi) is 4.35. The number of ether oxygens (including phenoxy) is 1. The highest BCUT2D eigenvalue weighted by molar-refractivity contribution is 7.10. The van der Waals surface area contributed by atoms with Crippen molar-refractivity contribution in [3.63, 3.8) is 0 Å². The Balaban J connectivity index is 1.79. The van der Waals surface area contributed by atoms with Gasteiger partial charge in [-0.2, -0.15) is 0 Å². The van der Waals surface area contributed by atoms with Crippen LogP contribution < -0.4 is 5.32 Å². The molecule has 1 atom stereocenters. The van der Waals surface area contributed by atoms with Gasteiger partial charge in [0.25, 0.3) is 11.7 Å². The van der Waals surface area contributed by atoms with Crippen molar-refractivity contribution in [1.82, 2.24) is 24.9 Å². The molecule has 8 heteroatoms. The van der Waals surface area contributed by atoms with E-state index in [2.05, 4.69) is 20.5 Å². The summed E-state index contributed by atoms with van der Waals surface area (Å²) in [5.41, 5.74) is 1.70. The Morgan fingerprint density at radius 1 is 1.43 bits per heavy atom. The maximum atomic E-state index is 12.4. The van der Waals surface area contributed by atoms with Crippen LogP contribution in [0.2, 0.25) is 0 Å². The third-order valence-electron chi connectivity index (χ3n) is 3.49. The van der Waals surface area contributed by atoms with Gasteiger partial charge >= 0.3 is 0 Å². The zero-order valence-corrected chi connectivity index (χ0v) is 13.9. The van der Waals surface area contributed by atoms with E-state index in [0.29, 0.717) is 12.3 Å². The normalized spacial score (nSPS) is 12.5. The molecule has 0 aliphatic heterocycles. The Hall–Kier alpha value is -2.32. The zero-order valence-electron chi connectivity index (χ0n) is 13.1. The molecule has 0 aliphatic rings. The molecule has 0 saturated carbocycles. The quantitative estimate of drug-likeness (QED) is 0.772. The molecule has 3 rings (SSSR count). The summed E-state index contributed by atoms with van der Waals surface area (Å²) in [6, 6.07) is 5.82. The van der Waals surface area contributed by atoms with Crippen molar-refractivity contribution in [3.05, 3.63) is 45.7 Å². The van der Waals surface area contributed by atoms with Gasteiger partial charge in [0.2, 0.25) is 5.82 Å². The van der Waals surface area contributed by atoms with Crippen LogP contribution in [-0.4, -0.2) is 39.1 Å². The fraction of sp³-hybridized carbons (Fsp3) is 0.333. The number of carbonyl (C=O) groups excluding carboxylic acids is 1. The van der Waals surface area contributed by atoms with Crippen LogP contribution in [0.25, 0.3) is 5.78 Å². The summed E-state index contributed by atoms with van der Waals surface area (Å²) >= 11 is 1.59. The third-order valence-corrected chi connectivity index (χ3v) is 4.45. The second-order valence-corrected chi connectivity index (χ2v) is 6.13. The predicted octanol–water partition coefficient (Wildman–Crippen LogP) is 1.92. The van der Waals surface area contributed by atoms with Gasteiger partial charge in [-0.3, -0.25) is 9.20 Å². The van der Waals surface area contributed by atoms with Crippen LogP contribution in [0.15, 0.2) is 23.6 Å². The Labute approximate surface area is 137 Å². The van der Waals surface area contributed by atoms with Gasteiger partial charge in [0.05, 0.1) is 0 Å². The van der Waals surface area contributed by atoms with E-state index in [4.69, 9.17) is 4.74 Å². The first-order valence-electron chi connectivity index (χ1n) is 7.14. The molecule has 3 aromatic rings. The van der Waals surface area contributed by atoms with Gasteiger partial charge in [0.1, 0.15) is 6.10 Å². The number of hydrogen-bond donors (Lipinski definition) is 1. The van der Waals surface area contributed by atoms with Crippen LogP contribution in [0.4, 0.5) is 0 Å². The van der Waals surface area contributed by atoms with Crippen LogP contribution in [-0.2, 0) is 4.74 Å². The summed E-state index contributed by atoms with van der Waals surface area (Å²) < 4.78 is 7.08. The largest absolute Gasteiger partial charge is 0.374 e. The average Bonchev–Trinajstić information content (AvgIpc) is 3.17. The first kappa shape index (κ1) is 15.6. The molecule has 0 saturated heterocycles. The molecule has 0 radical (unpaired) electrons. The topological polar surface area (TPSA) is 81.4 Å². The number of nitrogens with one attached hydrogen (secondary N) is 1. The van der Waals surface area contributed by atoms with E-state index >= 15 is 0 Å². The van der Waals surface area contributed by atoms with Crippen molar-refractivity contribution in [1.29, 1.82) is 0 Å². The molecule has 23 heavy (non-hydrogen) atoms. The molecule has 3 aromatic heterocycles. The monoisotopic (exact) mass is 331 g/mol. The minimum atomic E-state index is -0.301. The standard InChI is InChI=1S/C15H17N5O2S/c1-9-7-10(2)20-13(18-19-15(20)17-9)14(21)16-8-11(22-3)12-5-4-6-23-12/h4-7,11H,8H2,1-3H3,(H,16,21). The number of amides is 1. The summed E-state index contributed by atoms with van der Waals surface area (Å²) in [5.74, 6) is 0.352. The van der Waals surface area contributed by atoms with Crippen LogP contribution in [0.5, 0.6) is 0 Å². The number of carbonyl (C=O) groups is 1. The van der Waals surface area contributed by atoms with Gasteiger partial charge in [-0.15, -0.1) is 21.5 Å². The summed E-state index contributed by atoms with van der Waals surface area (Å²) in [6.07, 6.45) is -0.181. The molecule has 120 valence electrons. The highest BCUT2D eigenvalue weighted by atomic mass is 32.1. The molecule has 1 N–H and O–H groups in total. The molecule has 3 heterocycles. The van der Waals surface area contributed by atoms with Crippen LogP contribution in [0.1, 0.15) is 33.0 Å². The molecule has 0 aromatic carbocycles. The maximum absolute atomic E-state index is 12.4. The number of aromatic nitrogens is 4. The van der Waals surface area contributed by atoms with E-state index in [1.54, 1.807) is 22.8 Å². The van der Waals surface area contributed by atoms with Gasteiger partial charge < -0.3 is 10.1 Å². The van der Waals surface area contributed by atoms with Crippen molar-refractivity contribution >= 4 is 23.0 Å². The lowest BCUT2D eigenvalue weighted by molar-refractivity contribution is 0.0828. The Bertz CT molecular complexity index is 828. The number of hydrogen-bond acceptors (Lipinski definition) is 6. The van der Waals surface area contributed by atoms with Crippen molar-refractivity contribution in [2.24, 2.45) is 0 Å². The predicted molar refractivity (Wildman–Crippen MR) is 86.7 cm³/mol. The molecule has 1 unspecified atom stereocenters. The van der Waals surface area contributed by atoms with Gasteiger partial charge in [-0.1, -0.05) is 6.07 Å². The Morgan fingerprint density at radius 2 is 2.26 bits per heavy atom. The second-order valence-electron chi connectivity index (χ2n) is 5.15. The van der Waals surface area contributed by atoms with Crippen LogP contribution in [0.3, 0.4) is 0 Å². The van der Waals surface area contributed by atoms with Crippen molar-refractivity contribution in [2.75, 3.05) is 13.7 Å². The highest BCUT2D eigenvalue weighted by Gasteiger charge is 2.19. The molecule has 1 amide bonds. The maximum Gasteiger partial charge on any atom is 0.289 e. The van der Waals surface area contributed by atoms with E-state index in [-0.39, 0.29) is 17.8 Å². The summed E-state index contributed by atoms with van der Waals surface area (Å²) in [7, 11) is 1.62. The first-order chi connectivity index (χ1) is 11.1. The lowest BCUT2D eigenvalue weighted by Gasteiger charge is -2.14. The lowest BCUT2D eigenvalue weighted by atomic mass is 10.3.